The minimum Gasteiger partial charge on any atom is -0.465 e. The smallest absolute Gasteiger partial charge is 0.337 e. The van der Waals surface area contributed by atoms with Crippen molar-refractivity contribution in [3.05, 3.63) is 47.7 Å². The van der Waals surface area contributed by atoms with Gasteiger partial charge >= 0.3 is 11.9 Å². The van der Waals surface area contributed by atoms with Crippen LogP contribution in [-0.2, 0) is 14.3 Å². The van der Waals surface area contributed by atoms with Gasteiger partial charge in [-0.2, -0.15) is 5.26 Å². The molecule has 0 radical (unpaired) electrons. The van der Waals surface area contributed by atoms with E-state index in [1.165, 1.54) is 7.11 Å². The van der Waals surface area contributed by atoms with E-state index in [0.29, 0.717) is 17.7 Å². The fourth-order valence-electron chi connectivity index (χ4n) is 2.08. The summed E-state index contributed by atoms with van der Waals surface area (Å²) in [5.74, 6) is -0.0966. The normalized spacial score (nSPS) is 11.4. The van der Waals surface area contributed by atoms with Gasteiger partial charge in [-0.3, -0.25) is 4.79 Å². The molecule has 0 unspecified atom stereocenters. The first-order valence-electron chi connectivity index (χ1n) is 7.46. The summed E-state index contributed by atoms with van der Waals surface area (Å²) in [6, 6.07) is 11.8. The van der Waals surface area contributed by atoms with Gasteiger partial charge in [-0.05, 0) is 30.7 Å². The zero-order chi connectivity index (χ0) is 17.5. The van der Waals surface area contributed by atoms with Crippen molar-refractivity contribution in [3.8, 4) is 17.4 Å². The molecule has 0 spiro atoms. The summed E-state index contributed by atoms with van der Waals surface area (Å²) in [6.45, 7) is 1.85. The Morgan fingerprint density at radius 2 is 1.92 bits per heavy atom. The van der Waals surface area contributed by atoms with Crippen LogP contribution in [0, 0.1) is 11.3 Å². The quantitative estimate of drug-likeness (QED) is 0.752. The topological polar surface area (TPSA) is 89.5 Å². The Hall–Kier alpha value is -3.07. The maximum Gasteiger partial charge on any atom is 0.337 e. The number of benzene rings is 1. The maximum absolute atomic E-state index is 11.5. The largest absolute Gasteiger partial charge is 0.465 e. The lowest BCUT2D eigenvalue weighted by Gasteiger charge is -2.08. The van der Waals surface area contributed by atoms with Crippen molar-refractivity contribution in [1.29, 1.82) is 5.26 Å². The van der Waals surface area contributed by atoms with Crippen LogP contribution >= 0.6 is 0 Å². The van der Waals surface area contributed by atoms with E-state index in [2.05, 4.69) is 4.74 Å². The SMILES string of the molecule is CCCC(=O)O[C@H](C#N)c1ccc(-c2ccc(C(=O)OC)cc2)o1. The Kier molecular flexibility index (Phi) is 5.74. The molecule has 1 aromatic heterocycles. The number of esters is 2. The van der Waals surface area contributed by atoms with Crippen molar-refractivity contribution >= 4 is 11.9 Å². The predicted molar refractivity (Wildman–Crippen MR) is 84.8 cm³/mol. The number of hydrogen-bond acceptors (Lipinski definition) is 6. The van der Waals surface area contributed by atoms with E-state index in [1.54, 1.807) is 36.4 Å². The minimum absolute atomic E-state index is 0.251. The molecule has 0 aliphatic carbocycles. The molecule has 6 heteroatoms. The monoisotopic (exact) mass is 327 g/mol. The Morgan fingerprint density at radius 1 is 1.21 bits per heavy atom. The summed E-state index contributed by atoms with van der Waals surface area (Å²) in [5.41, 5.74) is 1.15. The molecule has 0 aliphatic heterocycles. The molecule has 6 nitrogen and oxygen atoms in total. The summed E-state index contributed by atoms with van der Waals surface area (Å²) < 4.78 is 15.3. The van der Waals surface area contributed by atoms with Crippen LogP contribution in [0.5, 0.6) is 0 Å². The molecule has 2 rings (SSSR count). The Morgan fingerprint density at radius 3 is 2.50 bits per heavy atom. The fourth-order valence-corrected chi connectivity index (χ4v) is 2.08. The second kappa shape index (κ2) is 7.97. The molecule has 1 atom stereocenters. The number of carbonyl (C=O) groups is 2. The van der Waals surface area contributed by atoms with Gasteiger partial charge in [-0.25, -0.2) is 4.79 Å². The van der Waals surface area contributed by atoms with Gasteiger partial charge in [0.2, 0.25) is 6.10 Å². The number of nitriles is 1. The summed E-state index contributed by atoms with van der Waals surface area (Å²) in [7, 11) is 1.32. The lowest BCUT2D eigenvalue weighted by Crippen LogP contribution is -2.08. The predicted octanol–water partition coefficient (Wildman–Crippen LogP) is 3.64. The lowest BCUT2D eigenvalue weighted by atomic mass is 10.1. The van der Waals surface area contributed by atoms with Gasteiger partial charge in [-0.15, -0.1) is 0 Å². The molecule has 2 aromatic rings. The van der Waals surface area contributed by atoms with Crippen molar-refractivity contribution in [2.24, 2.45) is 0 Å². The molecule has 124 valence electrons. The van der Waals surface area contributed by atoms with Crippen molar-refractivity contribution in [2.75, 3.05) is 7.11 Å². The third-order valence-corrected chi connectivity index (χ3v) is 3.30. The summed E-state index contributed by atoms with van der Waals surface area (Å²) in [6.07, 6.45) is -0.180. The molecular formula is C18H17NO5. The van der Waals surface area contributed by atoms with Crippen LogP contribution in [0.15, 0.2) is 40.8 Å². The van der Waals surface area contributed by atoms with Crippen LogP contribution in [0.2, 0.25) is 0 Å². The number of methoxy groups -OCH3 is 1. The van der Waals surface area contributed by atoms with Gasteiger partial charge in [0.25, 0.3) is 0 Å². The van der Waals surface area contributed by atoms with E-state index in [1.807, 2.05) is 13.0 Å². The molecular weight excluding hydrogens is 310 g/mol. The van der Waals surface area contributed by atoms with Crippen LogP contribution in [0.4, 0.5) is 0 Å². The van der Waals surface area contributed by atoms with Gasteiger partial charge < -0.3 is 13.9 Å². The Labute approximate surface area is 139 Å². The van der Waals surface area contributed by atoms with Crippen molar-refractivity contribution in [1.82, 2.24) is 0 Å². The van der Waals surface area contributed by atoms with Crippen LogP contribution in [0.25, 0.3) is 11.3 Å². The van der Waals surface area contributed by atoms with E-state index in [9.17, 15) is 9.59 Å². The minimum atomic E-state index is -1.08. The highest BCUT2D eigenvalue weighted by molar-refractivity contribution is 5.89. The Balaban J connectivity index is 2.16. The van der Waals surface area contributed by atoms with E-state index in [0.717, 1.165) is 5.56 Å². The second-order valence-electron chi connectivity index (χ2n) is 5.02. The second-order valence-corrected chi connectivity index (χ2v) is 5.02. The van der Waals surface area contributed by atoms with E-state index in [-0.39, 0.29) is 12.2 Å². The van der Waals surface area contributed by atoms with E-state index >= 15 is 0 Å². The third-order valence-electron chi connectivity index (χ3n) is 3.30. The average Bonchev–Trinajstić information content (AvgIpc) is 3.09. The number of carbonyl (C=O) groups excluding carboxylic acids is 2. The van der Waals surface area contributed by atoms with Gasteiger partial charge in [0.1, 0.15) is 11.8 Å². The summed E-state index contributed by atoms with van der Waals surface area (Å²) in [5, 5.41) is 9.16. The first kappa shape index (κ1) is 17.3. The van der Waals surface area contributed by atoms with E-state index in [4.69, 9.17) is 14.4 Å². The van der Waals surface area contributed by atoms with Crippen molar-refractivity contribution < 1.29 is 23.5 Å². The van der Waals surface area contributed by atoms with Crippen LogP contribution in [0.1, 0.15) is 42.0 Å². The lowest BCUT2D eigenvalue weighted by molar-refractivity contribution is -0.147. The highest BCUT2D eigenvalue weighted by Crippen LogP contribution is 2.27. The first-order valence-corrected chi connectivity index (χ1v) is 7.46. The number of nitrogens with zero attached hydrogens (tertiary/aromatic N) is 1. The number of rotatable bonds is 6. The Bertz CT molecular complexity index is 754. The van der Waals surface area contributed by atoms with Gasteiger partial charge in [0, 0.05) is 12.0 Å². The standard InChI is InChI=1S/C18H17NO5/c1-3-4-17(20)24-16(11-19)15-10-9-14(23-15)12-5-7-13(8-6-12)18(21)22-2/h5-10,16H,3-4H2,1-2H3/t16-/m1/s1. The zero-order valence-electron chi connectivity index (χ0n) is 13.4. The average molecular weight is 327 g/mol. The van der Waals surface area contributed by atoms with Gasteiger partial charge in [0.15, 0.2) is 5.76 Å². The number of ether oxygens (including phenoxy) is 2. The molecule has 1 aromatic carbocycles. The highest BCUT2D eigenvalue weighted by atomic mass is 16.6. The van der Waals surface area contributed by atoms with Crippen LogP contribution in [0.3, 0.4) is 0 Å². The molecule has 1 heterocycles. The van der Waals surface area contributed by atoms with Crippen LogP contribution in [-0.4, -0.2) is 19.0 Å². The van der Waals surface area contributed by atoms with Gasteiger partial charge in [-0.1, -0.05) is 19.1 Å². The van der Waals surface area contributed by atoms with Crippen molar-refractivity contribution in [3.63, 3.8) is 0 Å². The molecule has 24 heavy (non-hydrogen) atoms. The molecule has 0 amide bonds. The summed E-state index contributed by atoms with van der Waals surface area (Å²) in [4.78, 5) is 23.0. The number of hydrogen-bond donors (Lipinski definition) is 0. The molecule has 0 bridgehead atoms. The zero-order valence-corrected chi connectivity index (χ0v) is 13.4. The first-order chi connectivity index (χ1) is 11.6. The molecule has 0 aliphatic rings. The van der Waals surface area contributed by atoms with Crippen LogP contribution < -0.4 is 0 Å². The molecule has 0 saturated heterocycles. The highest BCUT2D eigenvalue weighted by Gasteiger charge is 2.20. The summed E-state index contributed by atoms with van der Waals surface area (Å²) >= 11 is 0. The number of furan rings is 1. The third kappa shape index (κ3) is 4.02. The van der Waals surface area contributed by atoms with Crippen molar-refractivity contribution in [2.45, 2.75) is 25.9 Å². The molecule has 0 N–H and O–H groups in total. The molecule has 0 saturated carbocycles. The maximum atomic E-state index is 11.5. The molecule has 0 fully saturated rings. The van der Waals surface area contributed by atoms with E-state index < -0.39 is 18.0 Å². The van der Waals surface area contributed by atoms with Gasteiger partial charge in [0.05, 0.1) is 12.7 Å². The fraction of sp³-hybridized carbons (Fsp3) is 0.278.